The van der Waals surface area contributed by atoms with Crippen LogP contribution >= 0.6 is 34.8 Å². The van der Waals surface area contributed by atoms with E-state index in [1.807, 2.05) is 41.3 Å². The maximum absolute atomic E-state index is 13.9. The predicted octanol–water partition coefficient (Wildman–Crippen LogP) is 5.36. The van der Waals surface area contributed by atoms with Crippen LogP contribution in [0.5, 0.6) is 0 Å². The van der Waals surface area contributed by atoms with E-state index in [0.29, 0.717) is 245 Å². The summed E-state index contributed by atoms with van der Waals surface area (Å²) in [4.78, 5) is 112. The lowest BCUT2D eigenvalue weighted by Crippen LogP contribution is -2.51. The van der Waals surface area contributed by atoms with Crippen LogP contribution in [0.1, 0.15) is 109 Å². The van der Waals surface area contributed by atoms with Gasteiger partial charge in [-0.05, 0) is 140 Å². The number of amides is 5. The van der Waals surface area contributed by atoms with Gasteiger partial charge >= 0.3 is 29.9 Å². The number of hydrogen-bond acceptors (Lipinski definition) is 25. The number of anilines is 2. The second-order valence-corrected chi connectivity index (χ2v) is 28.5. The van der Waals surface area contributed by atoms with Crippen LogP contribution in [0.3, 0.4) is 0 Å². The molecule has 0 spiro atoms. The van der Waals surface area contributed by atoms with Gasteiger partial charge in [-0.3, -0.25) is 29.0 Å². The number of rotatable bonds is 52. The Bertz CT molecular complexity index is 3720. The number of pyridine rings is 2. The zero-order chi connectivity index (χ0) is 83.2. The predicted molar refractivity (Wildman–Crippen MR) is 438 cm³/mol. The highest BCUT2D eigenvalue weighted by atomic mass is 127. The molecule has 5 aromatic rings. The zero-order valence-electron chi connectivity index (χ0n) is 65.9. The van der Waals surface area contributed by atoms with Gasteiger partial charge in [-0.15, -0.1) is 5.10 Å². The number of benzene rings is 2. The third kappa shape index (κ3) is 43.0. The van der Waals surface area contributed by atoms with Crippen molar-refractivity contribution in [2.75, 3.05) is 189 Å². The van der Waals surface area contributed by atoms with Crippen LogP contribution in [0.25, 0.3) is 11.3 Å². The van der Waals surface area contributed by atoms with Gasteiger partial charge in [0.05, 0.1) is 169 Å². The summed E-state index contributed by atoms with van der Waals surface area (Å²) in [5.74, 6) is -6.17. The van der Waals surface area contributed by atoms with E-state index >= 15 is 0 Å². The molecule has 3 aromatic heterocycles. The smallest absolute Gasteiger partial charge is 0.354 e. The maximum atomic E-state index is 13.9. The van der Waals surface area contributed by atoms with Gasteiger partial charge in [-0.1, -0.05) is 48.9 Å². The van der Waals surface area contributed by atoms with E-state index in [0.717, 1.165) is 14.7 Å². The van der Waals surface area contributed by atoms with Crippen LogP contribution in [0.4, 0.5) is 16.2 Å². The van der Waals surface area contributed by atoms with Gasteiger partial charge in [0.1, 0.15) is 23.5 Å². The summed E-state index contributed by atoms with van der Waals surface area (Å²) in [6.45, 7) is 12.2. The molecule has 11 N–H and O–H groups in total. The second kappa shape index (κ2) is 58.3. The summed E-state index contributed by atoms with van der Waals surface area (Å²) in [6.07, 6.45) is 5.69. The standard InChI is InChI=1S/C78H113IN14O22S/c1-57(73(97)98)10-2-5-23-81-77(105)85-61-12-8-11-59(51-61)69-56-93(90-89-69)29-35-111-41-43-113-45-47-115-49-48-114-46-44-112-42-36-106-30-21-70(94)87-65(72(96)88-67(75(101)102)15-4-6-22-80-71(95)50-58-17-19-60(79)20-18-58)14-3-7-24-82-78(116)86-63-52-64(84-68(53-63)76(103)104)55-92-27-33-109-39-37-107-31-25-91(26-32-108-38-40-110-34-28-92)54-62-13-9-16-66(83-62)74(99)100/h8-9,11-13,16-20,51-53,56-57,65,67H,2-7,10,14-15,21-50,54-55H2,1H3,(H,80,95)(H,87,94)(H,88,96)(H,97,98)(H,99,100)(H,101,102)(H,103,104)(H2,81,85,105)(H2,82,84,86,116)/t57-,65-,67-/m0/s1. The summed E-state index contributed by atoms with van der Waals surface area (Å²) in [6, 6.07) is 20.1. The molecule has 1 fully saturated rings. The number of carboxylic acid groups (broad SMARTS) is 4. The number of aromatic carboxylic acids is 2. The molecule has 0 radical (unpaired) electrons. The quantitative estimate of drug-likeness (QED) is 0.0132. The third-order valence-corrected chi connectivity index (χ3v) is 18.6. The number of urea groups is 1. The summed E-state index contributed by atoms with van der Waals surface area (Å²) in [7, 11) is 0. The average molecular weight is 1760 g/mol. The summed E-state index contributed by atoms with van der Waals surface area (Å²) in [5.41, 5.74) is 4.06. The summed E-state index contributed by atoms with van der Waals surface area (Å²) in [5, 5.41) is 67.3. The fourth-order valence-corrected chi connectivity index (χ4v) is 11.9. The number of nitrogens with zero attached hydrogens (tertiary/aromatic N) is 7. The van der Waals surface area contributed by atoms with Crippen molar-refractivity contribution in [1.29, 1.82) is 0 Å². The molecule has 1 aliphatic rings. The van der Waals surface area contributed by atoms with Crippen molar-refractivity contribution in [3.63, 3.8) is 0 Å². The van der Waals surface area contributed by atoms with Gasteiger partial charge in [-0.25, -0.2) is 33.8 Å². The Morgan fingerprint density at radius 2 is 1.04 bits per heavy atom. The monoisotopic (exact) mass is 1760 g/mol. The Balaban J connectivity index is 0.845. The highest BCUT2D eigenvalue weighted by molar-refractivity contribution is 14.1. The molecule has 38 heteroatoms. The number of carbonyl (C=O) groups excluding carboxylic acids is 4. The second-order valence-electron chi connectivity index (χ2n) is 26.9. The van der Waals surface area contributed by atoms with E-state index in [1.54, 1.807) is 48.1 Å². The molecule has 116 heavy (non-hydrogen) atoms. The number of halogens is 1. The molecule has 2 aromatic carbocycles. The molecule has 36 nitrogen and oxygen atoms in total. The van der Waals surface area contributed by atoms with Gasteiger partial charge in [0.2, 0.25) is 17.7 Å². The van der Waals surface area contributed by atoms with E-state index in [-0.39, 0.29) is 80.5 Å². The van der Waals surface area contributed by atoms with Gasteiger partial charge < -0.3 is 105 Å². The number of unbranched alkanes of at least 4 members (excludes halogenated alkanes) is 3. The topological polar surface area (TPSA) is 457 Å². The summed E-state index contributed by atoms with van der Waals surface area (Å²) >= 11 is 7.82. The van der Waals surface area contributed by atoms with Gasteiger partial charge in [0.15, 0.2) is 10.8 Å². The minimum Gasteiger partial charge on any atom is -0.481 e. The molecule has 0 bridgehead atoms. The molecule has 4 heterocycles. The first-order valence-electron chi connectivity index (χ1n) is 39.1. The molecule has 0 saturated carbocycles. The third-order valence-electron chi connectivity index (χ3n) is 17.6. The molecule has 1 aliphatic heterocycles. The molecular formula is C78H113IN14O22S. The van der Waals surface area contributed by atoms with Crippen molar-refractivity contribution in [3.8, 4) is 11.3 Å². The molecule has 3 atom stereocenters. The van der Waals surface area contributed by atoms with Crippen molar-refractivity contribution < 1.29 is 106 Å². The molecule has 1 saturated heterocycles. The van der Waals surface area contributed by atoms with Crippen molar-refractivity contribution in [2.24, 2.45) is 5.92 Å². The number of carboxylic acids is 4. The average Bonchev–Trinajstić information content (AvgIpc) is 1.46. The Kier molecular flexibility index (Phi) is 48.3. The number of carbonyl (C=O) groups is 8. The highest BCUT2D eigenvalue weighted by Gasteiger charge is 2.27. The van der Waals surface area contributed by atoms with Crippen molar-refractivity contribution in [1.82, 2.24) is 61.3 Å². The molecule has 5 amide bonds. The fourth-order valence-electron chi connectivity index (χ4n) is 11.3. The molecule has 0 unspecified atom stereocenters. The minimum atomic E-state index is -1.27. The molecule has 640 valence electrons. The maximum Gasteiger partial charge on any atom is 0.354 e. The van der Waals surface area contributed by atoms with Crippen LogP contribution < -0.4 is 37.2 Å². The number of ether oxygens (including phenoxy) is 10. The van der Waals surface area contributed by atoms with E-state index < -0.39 is 53.7 Å². The zero-order valence-corrected chi connectivity index (χ0v) is 68.8. The molecular weight excluding hydrogens is 1640 g/mol. The normalized spacial score (nSPS) is 14.4. The Morgan fingerprint density at radius 1 is 0.517 bits per heavy atom. The van der Waals surface area contributed by atoms with Gasteiger partial charge in [0, 0.05) is 85.8 Å². The fraction of sp³-hybridized carbons (Fsp3) is 0.577. The van der Waals surface area contributed by atoms with Crippen LogP contribution in [0.2, 0.25) is 0 Å². The number of thiocarbonyl (C=S) groups is 1. The first-order chi connectivity index (χ1) is 56.3. The van der Waals surface area contributed by atoms with Crippen molar-refractivity contribution in [3.05, 3.63) is 117 Å². The molecule has 6 rings (SSSR count). The lowest BCUT2D eigenvalue weighted by Gasteiger charge is -2.23. The van der Waals surface area contributed by atoms with Crippen molar-refractivity contribution in [2.45, 2.75) is 109 Å². The molecule has 0 aliphatic carbocycles. The van der Waals surface area contributed by atoms with E-state index in [2.05, 4.69) is 85.0 Å². The largest absolute Gasteiger partial charge is 0.481 e. The first kappa shape index (κ1) is 96.2. The Morgan fingerprint density at radius 3 is 1.62 bits per heavy atom. The number of hydrogen-bond donors (Lipinski definition) is 11. The van der Waals surface area contributed by atoms with Gasteiger partial charge in [0.25, 0.3) is 0 Å². The van der Waals surface area contributed by atoms with Crippen molar-refractivity contribution >= 4 is 98.9 Å². The summed E-state index contributed by atoms with van der Waals surface area (Å²) < 4.78 is 60.1. The highest BCUT2D eigenvalue weighted by Crippen LogP contribution is 2.21. The SMILES string of the molecule is C[C@@H](CCCCNC(=O)Nc1cccc(-c2cn(CCOCCOCCOCCOCCOCCOCCC(=O)N[C@@H](CCCCNC(=S)Nc3cc(CN4CCOCCOCCN(Cc5cccc(C(=O)O)n5)CCOCCOCC4)nc(C(=O)O)c3)C(=O)N[C@@H](CCCCNC(=O)Cc3ccc(I)cc3)C(=O)O)nn2)c1)C(=O)O. The van der Waals surface area contributed by atoms with Crippen LogP contribution in [0, 0.1) is 9.49 Å². The first-order valence-corrected chi connectivity index (χ1v) is 40.6. The van der Waals surface area contributed by atoms with E-state index in [4.69, 9.17) is 64.7 Å². The Hall–Kier alpha value is -8.62. The lowest BCUT2D eigenvalue weighted by molar-refractivity contribution is -0.142. The number of aliphatic carboxylic acids is 2. The van der Waals surface area contributed by atoms with Crippen LogP contribution in [-0.2, 0) is 97.4 Å². The number of aromatic nitrogens is 5. The minimum absolute atomic E-state index is 0.0123. The van der Waals surface area contributed by atoms with E-state index in [1.165, 1.54) is 12.1 Å². The van der Waals surface area contributed by atoms with Crippen LogP contribution in [-0.4, -0.2) is 298 Å². The Labute approximate surface area is 694 Å². The lowest BCUT2D eigenvalue weighted by atomic mass is 10.0. The van der Waals surface area contributed by atoms with E-state index in [9.17, 15) is 53.7 Å². The van der Waals surface area contributed by atoms with Gasteiger partial charge in [-0.2, -0.15) is 0 Å². The number of nitrogens with one attached hydrogen (secondary N) is 7. The van der Waals surface area contributed by atoms with Crippen LogP contribution in [0.15, 0.2) is 85.1 Å².